The van der Waals surface area contributed by atoms with Crippen molar-refractivity contribution in [2.75, 3.05) is 24.3 Å². The van der Waals surface area contributed by atoms with E-state index < -0.39 is 21.6 Å². The minimum absolute atomic E-state index is 0.0657. The molecule has 0 spiro atoms. The summed E-state index contributed by atoms with van der Waals surface area (Å²) in [5.41, 5.74) is 0.749. The second-order valence-corrected chi connectivity index (χ2v) is 8.00. The highest BCUT2D eigenvalue weighted by atomic mass is 32.2. The van der Waals surface area contributed by atoms with Gasteiger partial charge in [0.2, 0.25) is 5.91 Å². The van der Waals surface area contributed by atoms with Gasteiger partial charge >= 0.3 is 0 Å². The lowest BCUT2D eigenvalue weighted by molar-refractivity contribution is -0.115. The van der Waals surface area contributed by atoms with Crippen molar-refractivity contribution in [1.29, 1.82) is 0 Å². The summed E-state index contributed by atoms with van der Waals surface area (Å²) in [7, 11) is -3.67. The first-order valence-electron chi connectivity index (χ1n) is 8.03. The van der Waals surface area contributed by atoms with Crippen molar-refractivity contribution in [3.8, 4) is 11.5 Å². The lowest BCUT2D eigenvalue weighted by atomic mass is 10.2. The number of anilines is 1. The quantitative estimate of drug-likeness (QED) is 0.864. The lowest BCUT2D eigenvalue weighted by Crippen LogP contribution is -2.18. The Morgan fingerprint density at radius 2 is 1.85 bits per heavy atom. The Hall–Kier alpha value is -2.61. The van der Waals surface area contributed by atoms with E-state index in [2.05, 4.69) is 5.32 Å². The van der Waals surface area contributed by atoms with E-state index in [0.717, 1.165) is 0 Å². The Balaban J connectivity index is 1.64. The molecule has 0 saturated heterocycles. The predicted octanol–water partition coefficient (Wildman–Crippen LogP) is 2.71. The van der Waals surface area contributed by atoms with Gasteiger partial charge in [0.05, 0.1) is 10.6 Å². The lowest BCUT2D eigenvalue weighted by Gasteiger charge is -2.18. The van der Waals surface area contributed by atoms with E-state index in [1.54, 1.807) is 13.0 Å². The highest BCUT2D eigenvalue weighted by Crippen LogP contribution is 2.32. The zero-order valence-corrected chi connectivity index (χ0v) is 14.9. The average molecular weight is 379 g/mol. The van der Waals surface area contributed by atoms with Crippen molar-refractivity contribution < 1.29 is 27.1 Å². The normalized spacial score (nSPS) is 13.3. The van der Waals surface area contributed by atoms with E-state index in [9.17, 15) is 17.6 Å². The van der Waals surface area contributed by atoms with E-state index in [1.807, 2.05) is 0 Å². The van der Waals surface area contributed by atoms with Crippen molar-refractivity contribution in [1.82, 2.24) is 0 Å². The fourth-order valence-electron chi connectivity index (χ4n) is 2.46. The van der Waals surface area contributed by atoms with Crippen LogP contribution in [0.2, 0.25) is 0 Å². The number of carbonyl (C=O) groups is 1. The molecule has 26 heavy (non-hydrogen) atoms. The highest BCUT2D eigenvalue weighted by Gasteiger charge is 2.20. The molecule has 0 fully saturated rings. The maximum absolute atomic E-state index is 13.5. The number of benzene rings is 2. The summed E-state index contributed by atoms with van der Waals surface area (Å²) < 4.78 is 49.1. The van der Waals surface area contributed by atoms with Gasteiger partial charge in [0.25, 0.3) is 0 Å². The summed E-state index contributed by atoms with van der Waals surface area (Å²) in [6, 6.07) is 8.66. The molecule has 0 aromatic heterocycles. The number of aryl methyl sites for hydroxylation is 1. The number of halogens is 1. The first kappa shape index (κ1) is 18.2. The molecule has 138 valence electrons. The number of carbonyl (C=O) groups excluding carboxylic acids is 1. The third-order valence-corrected chi connectivity index (χ3v) is 5.64. The van der Waals surface area contributed by atoms with Gasteiger partial charge < -0.3 is 14.8 Å². The SMILES string of the molecule is Cc1ccc(NC(=O)CCS(=O)(=O)c2ccc3c(c2)OCCO3)cc1F. The van der Waals surface area contributed by atoms with Crippen LogP contribution in [0.4, 0.5) is 10.1 Å². The predicted molar refractivity (Wildman–Crippen MR) is 93.9 cm³/mol. The third kappa shape index (κ3) is 4.13. The molecule has 2 aromatic rings. The number of sulfone groups is 1. The third-order valence-electron chi connectivity index (χ3n) is 3.93. The van der Waals surface area contributed by atoms with Crippen LogP contribution in [0.1, 0.15) is 12.0 Å². The molecular formula is C18H18FNO5S. The molecule has 0 atom stereocenters. The average Bonchev–Trinajstić information content (AvgIpc) is 2.63. The van der Waals surface area contributed by atoms with Crippen LogP contribution < -0.4 is 14.8 Å². The summed E-state index contributed by atoms with van der Waals surface area (Å²) in [5.74, 6) is -0.445. The minimum atomic E-state index is -3.67. The zero-order valence-electron chi connectivity index (χ0n) is 14.1. The molecule has 0 aliphatic carbocycles. The van der Waals surface area contributed by atoms with Gasteiger partial charge in [-0.2, -0.15) is 0 Å². The van der Waals surface area contributed by atoms with E-state index in [0.29, 0.717) is 30.3 Å². The van der Waals surface area contributed by atoms with Crippen molar-refractivity contribution in [3.63, 3.8) is 0 Å². The fraction of sp³-hybridized carbons (Fsp3) is 0.278. The Morgan fingerprint density at radius 1 is 1.12 bits per heavy atom. The summed E-state index contributed by atoms with van der Waals surface area (Å²) in [5, 5.41) is 2.50. The molecule has 1 amide bonds. The van der Waals surface area contributed by atoms with E-state index in [4.69, 9.17) is 9.47 Å². The summed E-state index contributed by atoms with van der Waals surface area (Å²) in [6.07, 6.45) is -0.244. The molecule has 0 unspecified atom stereocenters. The van der Waals surface area contributed by atoms with Crippen molar-refractivity contribution in [3.05, 3.63) is 47.8 Å². The molecule has 3 rings (SSSR count). The van der Waals surface area contributed by atoms with Gasteiger partial charge in [-0.1, -0.05) is 6.07 Å². The first-order valence-corrected chi connectivity index (χ1v) is 9.69. The van der Waals surface area contributed by atoms with Crippen LogP contribution >= 0.6 is 0 Å². The van der Waals surface area contributed by atoms with Crippen LogP contribution in [0, 0.1) is 12.7 Å². The molecule has 1 aliphatic rings. The molecule has 1 aliphatic heterocycles. The van der Waals surface area contributed by atoms with Gasteiger partial charge in [0.15, 0.2) is 21.3 Å². The highest BCUT2D eigenvalue weighted by molar-refractivity contribution is 7.91. The van der Waals surface area contributed by atoms with Gasteiger partial charge in [0, 0.05) is 18.2 Å². The van der Waals surface area contributed by atoms with Crippen LogP contribution in [-0.2, 0) is 14.6 Å². The van der Waals surface area contributed by atoms with Gasteiger partial charge in [-0.15, -0.1) is 0 Å². The largest absolute Gasteiger partial charge is 0.486 e. The van der Waals surface area contributed by atoms with Gasteiger partial charge in [0.1, 0.15) is 19.0 Å². The molecule has 2 aromatic carbocycles. The van der Waals surface area contributed by atoms with Crippen LogP contribution in [0.3, 0.4) is 0 Å². The van der Waals surface area contributed by atoms with E-state index >= 15 is 0 Å². The minimum Gasteiger partial charge on any atom is -0.486 e. The summed E-state index contributed by atoms with van der Waals surface area (Å²) in [6.45, 7) is 2.38. The van der Waals surface area contributed by atoms with Crippen LogP contribution in [-0.4, -0.2) is 33.3 Å². The zero-order chi connectivity index (χ0) is 18.7. The monoisotopic (exact) mass is 379 g/mol. The van der Waals surface area contributed by atoms with Gasteiger partial charge in [-0.25, -0.2) is 12.8 Å². The number of nitrogens with one attached hydrogen (secondary N) is 1. The van der Waals surface area contributed by atoms with E-state index in [-0.39, 0.29) is 22.8 Å². The van der Waals surface area contributed by atoms with Crippen molar-refractivity contribution >= 4 is 21.4 Å². The van der Waals surface area contributed by atoms with Crippen LogP contribution in [0.15, 0.2) is 41.3 Å². The van der Waals surface area contributed by atoms with Crippen LogP contribution in [0.25, 0.3) is 0 Å². The van der Waals surface area contributed by atoms with Gasteiger partial charge in [-0.3, -0.25) is 4.79 Å². The maximum atomic E-state index is 13.5. The number of fused-ring (bicyclic) bond motifs is 1. The van der Waals surface area contributed by atoms with Crippen molar-refractivity contribution in [2.24, 2.45) is 0 Å². The Morgan fingerprint density at radius 3 is 2.58 bits per heavy atom. The molecule has 8 heteroatoms. The van der Waals surface area contributed by atoms with Gasteiger partial charge in [-0.05, 0) is 36.8 Å². The fourth-order valence-corrected chi connectivity index (χ4v) is 3.71. The molecule has 0 radical (unpaired) electrons. The molecule has 0 saturated carbocycles. The Kier molecular flexibility index (Phi) is 5.13. The molecule has 1 N–H and O–H groups in total. The second kappa shape index (κ2) is 7.33. The Labute approximate surface area is 150 Å². The summed E-state index contributed by atoms with van der Waals surface area (Å²) in [4.78, 5) is 12.0. The first-order chi connectivity index (χ1) is 12.3. The number of hydrogen-bond donors (Lipinski definition) is 1. The Bertz CT molecular complexity index is 943. The second-order valence-electron chi connectivity index (χ2n) is 5.89. The van der Waals surface area contributed by atoms with E-state index in [1.165, 1.54) is 30.3 Å². The van der Waals surface area contributed by atoms with Crippen molar-refractivity contribution in [2.45, 2.75) is 18.2 Å². The number of rotatable bonds is 5. The molecule has 0 bridgehead atoms. The molecule has 6 nitrogen and oxygen atoms in total. The number of amides is 1. The maximum Gasteiger partial charge on any atom is 0.225 e. The standard InChI is InChI=1S/C18H18FNO5S/c1-12-2-3-13(10-15(12)19)20-18(21)6-9-26(22,23)14-4-5-16-17(11-14)25-8-7-24-16/h2-5,10-11H,6-9H2,1H3,(H,20,21). The summed E-state index contributed by atoms with van der Waals surface area (Å²) >= 11 is 0. The molecule has 1 heterocycles. The number of ether oxygens (including phenoxy) is 2. The van der Waals surface area contributed by atoms with Crippen LogP contribution in [0.5, 0.6) is 11.5 Å². The topological polar surface area (TPSA) is 81.7 Å². The molecular weight excluding hydrogens is 361 g/mol. The number of hydrogen-bond acceptors (Lipinski definition) is 5. The smallest absolute Gasteiger partial charge is 0.225 e.